The molecule has 4 nitrogen and oxygen atoms in total. The highest BCUT2D eigenvalue weighted by molar-refractivity contribution is 6.53. The van der Waals surface area contributed by atoms with Crippen LogP contribution in [0.4, 0.5) is 0 Å². The van der Waals surface area contributed by atoms with Crippen LogP contribution in [-0.2, 0) is 20.9 Å². The minimum Gasteiger partial charge on any atom is -0.480 e. The molecule has 3 aromatic rings. The molecule has 1 spiro atoms. The summed E-state index contributed by atoms with van der Waals surface area (Å²) < 4.78 is 26.7. The monoisotopic (exact) mass is 550 g/mol. The van der Waals surface area contributed by atoms with E-state index in [0.717, 1.165) is 23.1 Å². The lowest BCUT2D eigenvalue weighted by molar-refractivity contribution is -0.340. The Bertz CT molecular complexity index is 1300. The lowest BCUT2D eigenvalue weighted by atomic mass is 9.69. The van der Waals surface area contributed by atoms with Gasteiger partial charge in [-0.3, -0.25) is 0 Å². The van der Waals surface area contributed by atoms with Crippen LogP contribution in [0.1, 0.15) is 43.4 Å². The predicted molar refractivity (Wildman–Crippen MR) is 137 cm³/mol. The van der Waals surface area contributed by atoms with Gasteiger partial charge in [0.15, 0.2) is 29.0 Å². The van der Waals surface area contributed by atoms with Crippen molar-refractivity contribution in [2.24, 2.45) is 0 Å². The van der Waals surface area contributed by atoms with Crippen LogP contribution in [-0.4, -0.2) is 18.3 Å². The van der Waals surface area contributed by atoms with E-state index < -0.39 is 17.5 Å². The molecule has 1 aliphatic carbocycles. The number of fused-ring (bicyclic) bond motifs is 5. The van der Waals surface area contributed by atoms with Gasteiger partial charge in [0, 0.05) is 23.1 Å². The molecule has 6 rings (SSSR count). The first kappa shape index (κ1) is 23.7. The summed E-state index contributed by atoms with van der Waals surface area (Å²) >= 11 is 26.0. The van der Waals surface area contributed by atoms with Crippen molar-refractivity contribution < 1.29 is 18.9 Å². The first-order valence-electron chi connectivity index (χ1n) is 11.5. The van der Waals surface area contributed by atoms with E-state index in [2.05, 4.69) is 13.8 Å². The average Bonchev–Trinajstić information content (AvgIpc) is 2.85. The van der Waals surface area contributed by atoms with Crippen molar-refractivity contribution in [1.82, 2.24) is 0 Å². The number of rotatable bonds is 1. The van der Waals surface area contributed by atoms with Crippen molar-refractivity contribution in [1.29, 1.82) is 0 Å². The molecule has 2 aliphatic heterocycles. The van der Waals surface area contributed by atoms with Gasteiger partial charge >= 0.3 is 0 Å². The Morgan fingerprint density at radius 3 is 1.94 bits per heavy atom. The van der Waals surface area contributed by atoms with Crippen molar-refractivity contribution in [3.63, 3.8) is 0 Å². The van der Waals surface area contributed by atoms with E-state index >= 15 is 0 Å². The molecule has 0 saturated carbocycles. The number of ether oxygens (including phenoxy) is 4. The van der Waals surface area contributed by atoms with E-state index in [-0.39, 0.29) is 43.8 Å². The summed E-state index contributed by atoms with van der Waals surface area (Å²) in [4.78, 5) is 0. The third-order valence-electron chi connectivity index (χ3n) is 7.00. The topological polar surface area (TPSA) is 36.9 Å². The van der Waals surface area contributed by atoms with Gasteiger partial charge in [-0.25, -0.2) is 0 Å². The van der Waals surface area contributed by atoms with Gasteiger partial charge in [-0.2, -0.15) is 0 Å². The minimum atomic E-state index is -1.06. The summed E-state index contributed by atoms with van der Waals surface area (Å²) in [5, 5.41) is 0.531. The fourth-order valence-corrected chi connectivity index (χ4v) is 6.60. The number of hydrogen-bond acceptors (Lipinski definition) is 4. The lowest BCUT2D eigenvalue weighted by Gasteiger charge is -2.55. The summed E-state index contributed by atoms with van der Waals surface area (Å²) in [6.45, 7) is 4.13. The second-order valence-electron chi connectivity index (χ2n) is 9.32. The van der Waals surface area contributed by atoms with Gasteiger partial charge in [0.25, 0.3) is 0 Å². The maximum Gasteiger partial charge on any atom is 0.199 e. The number of halogens is 4. The van der Waals surface area contributed by atoms with Crippen LogP contribution in [0.25, 0.3) is 0 Å². The first-order chi connectivity index (χ1) is 16.8. The number of benzene rings is 3. The third-order valence-corrected chi connectivity index (χ3v) is 8.77. The zero-order valence-electron chi connectivity index (χ0n) is 19.0. The second-order valence-corrected chi connectivity index (χ2v) is 10.8. The average molecular weight is 552 g/mol. The summed E-state index contributed by atoms with van der Waals surface area (Å²) in [5.41, 5.74) is 1.60. The Kier molecular flexibility index (Phi) is 5.72. The smallest absolute Gasteiger partial charge is 0.199 e. The van der Waals surface area contributed by atoms with Gasteiger partial charge in [-0.15, -0.1) is 0 Å². The molecule has 3 aliphatic rings. The molecule has 8 heteroatoms. The zero-order chi connectivity index (χ0) is 24.5. The quantitative estimate of drug-likeness (QED) is 0.226. The van der Waals surface area contributed by atoms with Crippen LogP contribution >= 0.6 is 46.4 Å². The van der Waals surface area contributed by atoms with Gasteiger partial charge < -0.3 is 18.9 Å². The standard InChI is InChI=1S/C27H22Cl4O4/c1-14-12-15(2)34-26(33-14)13-19-27(16-8-4-3-5-9-16,18-11-7-6-10-17(18)26)35-25-23(31)21(29)20(28)22(30)24(25)32-19/h3-11,14-15,19H,12-13H2,1-2H3/t14?,15?,19-,26?,27+/m0/s1. The van der Waals surface area contributed by atoms with Gasteiger partial charge in [0.1, 0.15) is 10.0 Å². The Morgan fingerprint density at radius 2 is 1.29 bits per heavy atom. The SMILES string of the molecule is CC1CC(C)OC2(C[C@@H]3Oc4c(Cl)c(Cl)c(Cl)c(Cl)c4O[C@]3(c3ccccc3)c3ccccc32)O1. The highest BCUT2D eigenvalue weighted by Gasteiger charge is 2.62. The van der Waals surface area contributed by atoms with E-state index in [1.165, 1.54) is 0 Å². The molecule has 3 aromatic carbocycles. The third kappa shape index (κ3) is 3.42. The fourth-order valence-electron chi connectivity index (χ4n) is 5.70. The van der Waals surface area contributed by atoms with Crippen LogP contribution in [0.3, 0.4) is 0 Å². The molecule has 35 heavy (non-hydrogen) atoms. The molecule has 0 amide bonds. The summed E-state index contributed by atoms with van der Waals surface area (Å²) in [5.74, 6) is -0.498. The lowest BCUT2D eigenvalue weighted by Crippen LogP contribution is -2.61. The van der Waals surface area contributed by atoms with Crippen molar-refractivity contribution in [2.75, 3.05) is 0 Å². The molecule has 182 valence electrons. The Hall–Kier alpha value is -1.66. The van der Waals surface area contributed by atoms with Crippen molar-refractivity contribution >= 4 is 46.4 Å². The highest BCUT2D eigenvalue weighted by Crippen LogP contribution is 2.61. The molecule has 0 radical (unpaired) electrons. The van der Waals surface area contributed by atoms with Gasteiger partial charge in [0.05, 0.1) is 22.3 Å². The molecular weight excluding hydrogens is 530 g/mol. The van der Waals surface area contributed by atoms with E-state index in [0.29, 0.717) is 6.42 Å². The van der Waals surface area contributed by atoms with E-state index in [4.69, 9.17) is 65.4 Å². The highest BCUT2D eigenvalue weighted by atomic mass is 35.5. The second kappa shape index (κ2) is 8.44. The van der Waals surface area contributed by atoms with Crippen LogP contribution in [0.2, 0.25) is 20.1 Å². The van der Waals surface area contributed by atoms with Crippen molar-refractivity contribution in [3.05, 3.63) is 91.4 Å². The van der Waals surface area contributed by atoms with E-state index in [1.54, 1.807) is 0 Å². The summed E-state index contributed by atoms with van der Waals surface area (Å²) in [6.07, 6.45) is 0.587. The summed E-state index contributed by atoms with van der Waals surface area (Å²) in [7, 11) is 0. The van der Waals surface area contributed by atoms with Crippen LogP contribution in [0.5, 0.6) is 11.5 Å². The largest absolute Gasteiger partial charge is 0.480 e. The summed E-state index contributed by atoms with van der Waals surface area (Å²) in [6, 6.07) is 17.9. The predicted octanol–water partition coefficient (Wildman–Crippen LogP) is 8.15. The zero-order valence-corrected chi connectivity index (χ0v) is 22.0. The normalized spacial score (nSPS) is 31.1. The first-order valence-corrected chi connectivity index (χ1v) is 13.0. The molecule has 4 atom stereocenters. The van der Waals surface area contributed by atoms with Crippen LogP contribution in [0.15, 0.2) is 54.6 Å². The Morgan fingerprint density at radius 1 is 0.714 bits per heavy atom. The molecular formula is C27H22Cl4O4. The fraction of sp³-hybridized carbons (Fsp3) is 0.333. The maximum absolute atomic E-state index is 6.88. The molecule has 2 heterocycles. The molecule has 1 fully saturated rings. The van der Waals surface area contributed by atoms with Gasteiger partial charge in [-0.05, 0) is 20.3 Å². The molecule has 0 aromatic heterocycles. The van der Waals surface area contributed by atoms with Crippen molar-refractivity contribution in [2.45, 2.75) is 56.4 Å². The van der Waals surface area contributed by atoms with Gasteiger partial charge in [-0.1, -0.05) is 101 Å². The Labute approximate surface area is 223 Å². The molecule has 0 N–H and O–H groups in total. The van der Waals surface area contributed by atoms with Crippen LogP contribution < -0.4 is 9.47 Å². The van der Waals surface area contributed by atoms with Crippen LogP contribution in [0, 0.1) is 0 Å². The minimum absolute atomic E-state index is 0.000824. The molecule has 0 bridgehead atoms. The maximum atomic E-state index is 6.88. The van der Waals surface area contributed by atoms with Gasteiger partial charge in [0.2, 0.25) is 0 Å². The Balaban J connectivity index is 1.65. The number of hydrogen-bond donors (Lipinski definition) is 0. The molecule has 1 saturated heterocycles. The van der Waals surface area contributed by atoms with Crippen molar-refractivity contribution in [3.8, 4) is 11.5 Å². The molecule has 2 unspecified atom stereocenters. The van der Waals surface area contributed by atoms with E-state index in [1.807, 2.05) is 54.6 Å². The van der Waals surface area contributed by atoms with E-state index in [9.17, 15) is 0 Å².